The van der Waals surface area contributed by atoms with Gasteiger partial charge in [-0.15, -0.1) is 0 Å². The molecule has 1 fully saturated rings. The summed E-state index contributed by atoms with van der Waals surface area (Å²) >= 11 is 0. The van der Waals surface area contributed by atoms with Crippen LogP contribution in [0, 0.1) is 0 Å². The number of aliphatic hydroxyl groups is 4. The van der Waals surface area contributed by atoms with E-state index in [9.17, 15) is 30.0 Å². The van der Waals surface area contributed by atoms with E-state index >= 15 is 0 Å². The van der Waals surface area contributed by atoms with Crippen molar-refractivity contribution in [1.29, 1.82) is 0 Å². The third-order valence-corrected chi connectivity index (χ3v) is 9.00. The average molecular weight is 611 g/mol. The molecule has 0 aromatic carbocycles. The molecule has 0 aromatic heterocycles. The number of ketones is 1. The van der Waals surface area contributed by atoms with Gasteiger partial charge in [-0.25, -0.2) is 4.79 Å². The van der Waals surface area contributed by atoms with Crippen LogP contribution in [0.25, 0.3) is 0 Å². The van der Waals surface area contributed by atoms with Gasteiger partial charge in [0, 0.05) is 24.8 Å². The highest BCUT2D eigenvalue weighted by atomic mass is 16.5. The van der Waals surface area contributed by atoms with E-state index in [1.165, 1.54) is 32.1 Å². The first kappa shape index (κ1) is 37.9. The van der Waals surface area contributed by atoms with Crippen molar-refractivity contribution in [3.63, 3.8) is 0 Å². The molecule has 8 nitrogen and oxygen atoms in total. The quantitative estimate of drug-likeness (QED) is 0.0668. The molecule has 0 unspecified atom stereocenters. The van der Waals surface area contributed by atoms with Crippen molar-refractivity contribution in [2.24, 2.45) is 0 Å². The number of carbonyl (C=O) groups excluding carboxylic acids is 2. The van der Waals surface area contributed by atoms with E-state index in [-0.39, 0.29) is 49.8 Å². The number of unbranched alkanes of at least 4 members (excludes halogenated alkanes) is 11. The topological polar surface area (TPSA) is 134 Å². The monoisotopic (exact) mass is 610 g/mol. The molecule has 8 heteroatoms. The van der Waals surface area contributed by atoms with Crippen molar-refractivity contribution in [1.82, 2.24) is 0 Å². The third-order valence-electron chi connectivity index (χ3n) is 9.00. The van der Waals surface area contributed by atoms with E-state index in [0.717, 1.165) is 77.0 Å². The van der Waals surface area contributed by atoms with E-state index in [0.29, 0.717) is 12.0 Å². The number of aliphatic hydroxyl groups excluding tert-OH is 4. The van der Waals surface area contributed by atoms with Crippen LogP contribution in [-0.4, -0.2) is 74.9 Å². The van der Waals surface area contributed by atoms with E-state index in [1.807, 2.05) is 0 Å². The number of cyclic esters (lactones) is 1. The summed E-state index contributed by atoms with van der Waals surface area (Å²) < 4.78 is 11.0. The highest BCUT2D eigenvalue weighted by molar-refractivity contribution is 5.90. The van der Waals surface area contributed by atoms with Gasteiger partial charge in [-0.05, 0) is 51.5 Å². The summed E-state index contributed by atoms with van der Waals surface area (Å²) in [4.78, 5) is 23.8. The molecule has 0 saturated carbocycles. The van der Waals surface area contributed by atoms with Gasteiger partial charge < -0.3 is 29.9 Å². The van der Waals surface area contributed by atoms with Crippen molar-refractivity contribution >= 4 is 11.8 Å². The molecule has 43 heavy (non-hydrogen) atoms. The standard InChI is InChI=1S/C35H62O8/c1-3-4-5-10-14-17-31(39)33-21-22-34(43-33)32(40)18-15-12-9-7-6-8-11-13-16-28(36)25-30(38)20-19-29(37)24-27-23-26(2)42-35(27)41/h23,26,28-29,31-34,36-37,39-40H,3-22,24-25H2,1-2H3/t26-,28-,29+,31+,32-,33+,34-/m0/s1. The largest absolute Gasteiger partial charge is 0.455 e. The SMILES string of the molecule is CCCCCCC[C@@H](O)[C@H]1CC[C@@H]([C@@H](O)CCCCCCCCCC[C@H](O)CC(=O)CC[C@@H](O)CC2=C[C@H](C)OC2=O)O1. The Bertz CT molecular complexity index is 799. The fraction of sp³-hybridized carbons (Fsp3) is 0.886. The zero-order chi connectivity index (χ0) is 31.5. The second kappa shape index (κ2) is 22.2. The van der Waals surface area contributed by atoms with Gasteiger partial charge in [0.2, 0.25) is 0 Å². The van der Waals surface area contributed by atoms with Gasteiger partial charge in [-0.2, -0.15) is 0 Å². The van der Waals surface area contributed by atoms with Gasteiger partial charge in [0.05, 0.1) is 36.6 Å². The molecule has 0 spiro atoms. The summed E-state index contributed by atoms with van der Waals surface area (Å²) in [6.45, 7) is 3.97. The Morgan fingerprint density at radius 1 is 0.767 bits per heavy atom. The van der Waals surface area contributed by atoms with Gasteiger partial charge in [0.15, 0.2) is 0 Å². The summed E-state index contributed by atoms with van der Waals surface area (Å²) in [6.07, 6.45) is 18.1. The van der Waals surface area contributed by atoms with E-state index in [2.05, 4.69) is 6.92 Å². The lowest BCUT2D eigenvalue weighted by atomic mass is 9.99. The van der Waals surface area contributed by atoms with Gasteiger partial charge in [-0.1, -0.05) is 90.4 Å². The molecule has 7 atom stereocenters. The molecule has 0 amide bonds. The minimum Gasteiger partial charge on any atom is -0.455 e. The Hall–Kier alpha value is -1.32. The maximum Gasteiger partial charge on any atom is 0.334 e. The van der Waals surface area contributed by atoms with Crippen LogP contribution in [0.2, 0.25) is 0 Å². The molecular weight excluding hydrogens is 548 g/mol. The lowest BCUT2D eigenvalue weighted by Crippen LogP contribution is -2.31. The number of ether oxygens (including phenoxy) is 2. The first-order valence-corrected chi connectivity index (χ1v) is 17.5. The Balaban J connectivity index is 1.39. The average Bonchev–Trinajstić information content (AvgIpc) is 3.59. The van der Waals surface area contributed by atoms with Gasteiger partial charge in [0.1, 0.15) is 11.9 Å². The van der Waals surface area contributed by atoms with Crippen LogP contribution >= 0.6 is 0 Å². The zero-order valence-corrected chi connectivity index (χ0v) is 27.1. The summed E-state index contributed by atoms with van der Waals surface area (Å²) in [5, 5.41) is 41.4. The number of hydrogen-bond acceptors (Lipinski definition) is 8. The molecule has 1 saturated heterocycles. The minimum absolute atomic E-state index is 0.0573. The Labute approximate surface area is 260 Å². The van der Waals surface area contributed by atoms with Gasteiger partial charge >= 0.3 is 5.97 Å². The van der Waals surface area contributed by atoms with Crippen LogP contribution in [0.15, 0.2) is 11.6 Å². The van der Waals surface area contributed by atoms with Crippen LogP contribution in [0.4, 0.5) is 0 Å². The highest BCUT2D eigenvalue weighted by Gasteiger charge is 2.34. The molecular formula is C35H62O8. The lowest BCUT2D eigenvalue weighted by Gasteiger charge is -2.22. The Morgan fingerprint density at radius 2 is 1.28 bits per heavy atom. The van der Waals surface area contributed by atoms with Crippen molar-refractivity contribution < 1.29 is 39.5 Å². The Kier molecular flexibility index (Phi) is 19.6. The zero-order valence-electron chi connectivity index (χ0n) is 27.1. The molecule has 2 aliphatic heterocycles. The van der Waals surface area contributed by atoms with E-state index in [1.54, 1.807) is 13.0 Å². The summed E-state index contributed by atoms with van der Waals surface area (Å²) in [5.41, 5.74) is 0.467. The third kappa shape index (κ3) is 16.5. The molecule has 4 N–H and O–H groups in total. The number of Topliss-reactive ketones (excluding diaryl/α,β-unsaturated/α-hetero) is 1. The van der Waals surface area contributed by atoms with Crippen LogP contribution in [0.1, 0.15) is 155 Å². The van der Waals surface area contributed by atoms with Crippen molar-refractivity contribution in [2.75, 3.05) is 0 Å². The first-order chi connectivity index (χ1) is 20.7. The smallest absolute Gasteiger partial charge is 0.334 e. The molecule has 2 aliphatic rings. The van der Waals surface area contributed by atoms with Crippen molar-refractivity contribution in [3.8, 4) is 0 Å². The van der Waals surface area contributed by atoms with E-state index < -0.39 is 30.4 Å². The normalized spacial score (nSPS) is 23.2. The maximum atomic E-state index is 12.2. The maximum absolute atomic E-state index is 12.2. The fourth-order valence-electron chi connectivity index (χ4n) is 6.31. The number of hydrogen-bond donors (Lipinski definition) is 4. The molecule has 2 heterocycles. The van der Waals surface area contributed by atoms with Crippen molar-refractivity contribution in [2.45, 2.75) is 198 Å². The predicted octanol–water partition coefficient (Wildman–Crippen LogP) is 6.24. The molecule has 0 bridgehead atoms. The van der Waals surface area contributed by atoms with E-state index in [4.69, 9.17) is 9.47 Å². The van der Waals surface area contributed by atoms with Crippen molar-refractivity contribution in [3.05, 3.63) is 11.6 Å². The number of carbonyl (C=O) groups is 2. The summed E-state index contributed by atoms with van der Waals surface area (Å²) in [7, 11) is 0. The van der Waals surface area contributed by atoms with Gasteiger partial charge in [-0.3, -0.25) is 4.79 Å². The molecule has 2 rings (SSSR count). The lowest BCUT2D eigenvalue weighted by molar-refractivity contribution is -0.139. The first-order valence-electron chi connectivity index (χ1n) is 17.5. The Morgan fingerprint density at radius 3 is 1.79 bits per heavy atom. The van der Waals surface area contributed by atoms with Crippen LogP contribution in [-0.2, 0) is 19.1 Å². The summed E-state index contributed by atoms with van der Waals surface area (Å²) in [5.74, 6) is -0.453. The van der Waals surface area contributed by atoms with Crippen LogP contribution in [0.3, 0.4) is 0 Å². The molecule has 250 valence electrons. The highest BCUT2D eigenvalue weighted by Crippen LogP contribution is 2.28. The molecule has 0 aliphatic carbocycles. The second-order valence-electron chi connectivity index (χ2n) is 13.1. The number of esters is 1. The number of rotatable bonds is 26. The summed E-state index contributed by atoms with van der Waals surface area (Å²) in [6, 6.07) is 0. The minimum atomic E-state index is -0.765. The molecule has 0 radical (unpaired) electrons. The van der Waals surface area contributed by atoms with Crippen LogP contribution < -0.4 is 0 Å². The van der Waals surface area contributed by atoms with Gasteiger partial charge in [0.25, 0.3) is 0 Å². The molecule has 0 aromatic rings. The fourth-order valence-corrected chi connectivity index (χ4v) is 6.31. The van der Waals surface area contributed by atoms with Crippen LogP contribution in [0.5, 0.6) is 0 Å². The predicted molar refractivity (Wildman–Crippen MR) is 169 cm³/mol. The second-order valence-corrected chi connectivity index (χ2v) is 13.1.